The summed E-state index contributed by atoms with van der Waals surface area (Å²) in [6.07, 6.45) is 6.98. The second kappa shape index (κ2) is 8.42. The fourth-order valence-corrected chi connectivity index (χ4v) is 2.94. The molecular formula is C22H19N9. The Morgan fingerprint density at radius 3 is 2.58 bits per heavy atom. The highest BCUT2D eigenvalue weighted by Gasteiger charge is 2.15. The van der Waals surface area contributed by atoms with Crippen molar-refractivity contribution in [1.82, 2.24) is 29.7 Å². The highest BCUT2D eigenvalue weighted by Crippen LogP contribution is 2.27. The van der Waals surface area contributed by atoms with Gasteiger partial charge in [-0.05, 0) is 30.3 Å². The normalized spacial score (nSPS) is 11.2. The van der Waals surface area contributed by atoms with Crippen LogP contribution in [0.4, 0.5) is 11.9 Å². The van der Waals surface area contributed by atoms with Gasteiger partial charge in [0.25, 0.3) is 0 Å². The molecule has 3 aromatic heterocycles. The molecule has 0 aliphatic rings. The number of nitrogen functional groups attached to an aromatic ring is 1. The van der Waals surface area contributed by atoms with Gasteiger partial charge in [-0.2, -0.15) is 25.3 Å². The highest BCUT2D eigenvalue weighted by atomic mass is 15.3. The maximum absolute atomic E-state index is 9.83. The zero-order valence-electron chi connectivity index (χ0n) is 17.0. The number of aromatic nitrogens is 6. The molecule has 4 rings (SSSR count). The van der Waals surface area contributed by atoms with Crippen LogP contribution in [0.2, 0.25) is 0 Å². The minimum Gasteiger partial charge on any atom is -0.368 e. The van der Waals surface area contributed by atoms with Gasteiger partial charge < -0.3 is 10.6 Å². The monoisotopic (exact) mass is 409 g/mol. The first-order valence-electron chi connectivity index (χ1n) is 9.41. The Balaban J connectivity index is 1.87. The molecule has 31 heavy (non-hydrogen) atoms. The molecule has 152 valence electrons. The van der Waals surface area contributed by atoms with Gasteiger partial charge in [-0.1, -0.05) is 18.2 Å². The lowest BCUT2D eigenvalue weighted by Crippen LogP contribution is -2.15. The summed E-state index contributed by atoms with van der Waals surface area (Å²) < 4.78 is 1.76. The third-order valence-corrected chi connectivity index (χ3v) is 4.40. The molecule has 0 atom stereocenters. The molecule has 0 fully saturated rings. The minimum absolute atomic E-state index is 0.0438. The smallest absolute Gasteiger partial charge is 0.230 e. The second-order valence-electron chi connectivity index (χ2n) is 6.84. The SMILES string of the molecule is CN(C)c1nc(N)nc(/C(C#N)=C/c2cn(-c3ccccc3)nc2-c2cccnc2)n1. The van der Waals surface area contributed by atoms with Crippen molar-refractivity contribution in [1.29, 1.82) is 5.26 Å². The maximum Gasteiger partial charge on any atom is 0.230 e. The number of para-hydroxylation sites is 1. The van der Waals surface area contributed by atoms with Crippen LogP contribution < -0.4 is 10.6 Å². The first-order chi connectivity index (χ1) is 15.0. The van der Waals surface area contributed by atoms with E-state index in [4.69, 9.17) is 10.8 Å². The van der Waals surface area contributed by atoms with Crippen LogP contribution in [-0.4, -0.2) is 43.8 Å². The molecule has 0 saturated carbocycles. The first-order valence-corrected chi connectivity index (χ1v) is 9.41. The van der Waals surface area contributed by atoms with Crippen LogP contribution in [-0.2, 0) is 0 Å². The topological polar surface area (TPSA) is 122 Å². The van der Waals surface area contributed by atoms with Crippen LogP contribution in [0.15, 0.2) is 61.1 Å². The van der Waals surface area contributed by atoms with Crippen LogP contribution in [0, 0.1) is 11.3 Å². The number of benzene rings is 1. The van der Waals surface area contributed by atoms with E-state index < -0.39 is 0 Å². The summed E-state index contributed by atoms with van der Waals surface area (Å²) in [6.45, 7) is 0. The summed E-state index contributed by atoms with van der Waals surface area (Å²) in [5.41, 5.74) is 9.20. The number of hydrogen-bond donors (Lipinski definition) is 1. The number of nitrogens with zero attached hydrogens (tertiary/aromatic N) is 8. The highest BCUT2D eigenvalue weighted by molar-refractivity contribution is 5.90. The van der Waals surface area contributed by atoms with Gasteiger partial charge in [-0.25, -0.2) is 4.68 Å². The molecule has 9 nitrogen and oxygen atoms in total. The van der Waals surface area contributed by atoms with Gasteiger partial charge >= 0.3 is 0 Å². The molecule has 0 bridgehead atoms. The lowest BCUT2D eigenvalue weighted by molar-refractivity contribution is 0.884. The van der Waals surface area contributed by atoms with E-state index in [-0.39, 0.29) is 17.3 Å². The molecule has 0 aliphatic heterocycles. The van der Waals surface area contributed by atoms with E-state index >= 15 is 0 Å². The van der Waals surface area contributed by atoms with Gasteiger partial charge in [-0.3, -0.25) is 4.98 Å². The van der Waals surface area contributed by atoms with Crippen LogP contribution in [0.1, 0.15) is 11.4 Å². The summed E-state index contributed by atoms with van der Waals surface area (Å²) in [5, 5.41) is 14.6. The number of nitrogens with two attached hydrogens (primary N) is 1. The third-order valence-electron chi connectivity index (χ3n) is 4.40. The fraction of sp³-hybridized carbons (Fsp3) is 0.0909. The van der Waals surface area contributed by atoms with Crippen molar-refractivity contribution in [3.05, 3.63) is 72.4 Å². The Bertz CT molecular complexity index is 1270. The Hall–Kier alpha value is -4.58. The summed E-state index contributed by atoms with van der Waals surface area (Å²) in [7, 11) is 3.58. The molecule has 0 spiro atoms. The van der Waals surface area contributed by atoms with Crippen LogP contribution >= 0.6 is 0 Å². The summed E-state index contributed by atoms with van der Waals surface area (Å²) in [6, 6.07) is 15.6. The molecule has 3 heterocycles. The second-order valence-corrected chi connectivity index (χ2v) is 6.84. The van der Waals surface area contributed by atoms with Crippen molar-refractivity contribution < 1.29 is 0 Å². The first kappa shape index (κ1) is 19.7. The molecule has 9 heteroatoms. The molecule has 0 amide bonds. The molecule has 1 aromatic carbocycles. The number of allylic oxidation sites excluding steroid dienone is 1. The van der Waals surface area contributed by atoms with Gasteiger partial charge in [0.2, 0.25) is 11.9 Å². The van der Waals surface area contributed by atoms with Crippen LogP contribution in [0.5, 0.6) is 0 Å². The zero-order valence-corrected chi connectivity index (χ0v) is 17.0. The largest absolute Gasteiger partial charge is 0.368 e. The molecular weight excluding hydrogens is 390 g/mol. The van der Waals surface area contributed by atoms with Crippen molar-refractivity contribution in [2.45, 2.75) is 0 Å². The number of rotatable bonds is 5. The quantitative estimate of drug-likeness (QED) is 0.499. The van der Waals surface area contributed by atoms with Crippen LogP contribution in [0.3, 0.4) is 0 Å². The summed E-state index contributed by atoms with van der Waals surface area (Å²) in [4.78, 5) is 18.5. The van der Waals surface area contributed by atoms with Gasteiger partial charge in [-0.15, -0.1) is 0 Å². The van der Waals surface area contributed by atoms with E-state index in [9.17, 15) is 5.26 Å². The molecule has 0 unspecified atom stereocenters. The average molecular weight is 409 g/mol. The van der Waals surface area contributed by atoms with E-state index in [0.717, 1.165) is 16.8 Å². The Morgan fingerprint density at radius 1 is 1.10 bits per heavy atom. The van der Waals surface area contributed by atoms with Crippen molar-refractivity contribution >= 4 is 23.5 Å². The molecule has 2 N–H and O–H groups in total. The van der Waals surface area contributed by atoms with E-state index in [1.807, 2.05) is 48.7 Å². The van der Waals surface area contributed by atoms with Crippen molar-refractivity contribution in [3.8, 4) is 23.0 Å². The van der Waals surface area contributed by atoms with E-state index in [2.05, 4.69) is 26.0 Å². The van der Waals surface area contributed by atoms with Gasteiger partial charge in [0.1, 0.15) is 11.8 Å². The number of pyridine rings is 1. The molecule has 0 saturated heterocycles. The summed E-state index contributed by atoms with van der Waals surface area (Å²) >= 11 is 0. The summed E-state index contributed by atoms with van der Waals surface area (Å²) in [5.74, 6) is 0.613. The number of nitriles is 1. The molecule has 4 aromatic rings. The van der Waals surface area contributed by atoms with Crippen molar-refractivity contribution in [2.75, 3.05) is 24.7 Å². The van der Waals surface area contributed by atoms with Gasteiger partial charge in [0, 0.05) is 43.8 Å². The average Bonchev–Trinajstić information content (AvgIpc) is 3.22. The number of anilines is 2. The zero-order chi connectivity index (χ0) is 21.8. The molecule has 0 radical (unpaired) electrons. The Kier molecular flexibility index (Phi) is 5.36. The molecule has 0 aliphatic carbocycles. The standard InChI is InChI=1S/C22H19N9/c1-30(2)22-27-20(26-21(24)28-22)16(12-23)11-17-14-31(18-8-4-3-5-9-18)29-19(17)15-7-6-10-25-13-15/h3-11,13-14H,1-2H3,(H2,24,26,27,28)/b16-11+. The van der Waals surface area contributed by atoms with Gasteiger partial charge in [0.05, 0.1) is 11.3 Å². The Labute approximate surface area is 179 Å². The maximum atomic E-state index is 9.83. The third kappa shape index (κ3) is 4.23. The lowest BCUT2D eigenvalue weighted by Gasteiger charge is -2.10. The predicted molar refractivity (Wildman–Crippen MR) is 119 cm³/mol. The van der Waals surface area contributed by atoms with Crippen molar-refractivity contribution in [2.24, 2.45) is 0 Å². The van der Waals surface area contributed by atoms with Crippen LogP contribution in [0.25, 0.3) is 28.6 Å². The van der Waals surface area contributed by atoms with Crippen molar-refractivity contribution in [3.63, 3.8) is 0 Å². The van der Waals surface area contributed by atoms with E-state index in [0.29, 0.717) is 11.6 Å². The lowest BCUT2D eigenvalue weighted by atomic mass is 10.1. The van der Waals surface area contributed by atoms with E-state index in [1.165, 1.54) is 0 Å². The minimum atomic E-state index is 0.0438. The fourth-order valence-electron chi connectivity index (χ4n) is 2.94. The van der Waals surface area contributed by atoms with Gasteiger partial charge in [0.15, 0.2) is 5.82 Å². The van der Waals surface area contributed by atoms with E-state index in [1.54, 1.807) is 42.1 Å². The Morgan fingerprint density at radius 2 is 1.90 bits per heavy atom. The predicted octanol–water partition coefficient (Wildman–Crippen LogP) is 2.83. The number of hydrogen-bond acceptors (Lipinski definition) is 8.